The highest BCUT2D eigenvalue weighted by Crippen LogP contribution is 2.17. The Kier molecular flexibility index (Phi) is 4.08. The second kappa shape index (κ2) is 5.77. The zero-order valence-electron chi connectivity index (χ0n) is 10.4. The van der Waals surface area contributed by atoms with Crippen molar-refractivity contribution < 1.29 is 13.2 Å². The summed E-state index contributed by atoms with van der Waals surface area (Å²) >= 11 is 0. The van der Waals surface area contributed by atoms with Crippen LogP contribution in [0.25, 0.3) is 0 Å². The molecule has 0 unspecified atom stereocenters. The van der Waals surface area contributed by atoms with E-state index in [2.05, 4.69) is 15.5 Å². The Labute approximate surface area is 108 Å². The van der Waals surface area contributed by atoms with Gasteiger partial charge in [0, 0.05) is 6.20 Å². The van der Waals surface area contributed by atoms with Crippen LogP contribution in [-0.4, -0.2) is 26.2 Å². The quantitative estimate of drug-likeness (QED) is 0.879. The van der Waals surface area contributed by atoms with Crippen molar-refractivity contribution in [2.45, 2.75) is 26.6 Å². The average molecular weight is 273 g/mol. The van der Waals surface area contributed by atoms with E-state index in [0.717, 1.165) is 5.69 Å². The summed E-state index contributed by atoms with van der Waals surface area (Å²) in [5, 5.41) is 10.5. The third kappa shape index (κ3) is 2.88. The van der Waals surface area contributed by atoms with E-state index in [4.69, 9.17) is 0 Å². The Morgan fingerprint density at radius 2 is 2.16 bits per heavy atom. The molecular weight excluding hydrogens is 259 g/mol. The number of hydrogen-bond acceptors (Lipinski definition) is 3. The fraction of sp³-hybridized carbons (Fsp3) is 0.455. The number of aryl methyl sites for hydroxylation is 1. The maximum atomic E-state index is 12.6. The van der Waals surface area contributed by atoms with Crippen LogP contribution in [0.3, 0.4) is 0 Å². The number of hydrogen-bond donors (Lipinski definition) is 1. The van der Waals surface area contributed by atoms with Crippen molar-refractivity contribution in [1.82, 2.24) is 19.6 Å². The van der Waals surface area contributed by atoms with E-state index in [0.29, 0.717) is 16.1 Å². The first-order valence-electron chi connectivity index (χ1n) is 5.76. The third-order valence-electron chi connectivity index (χ3n) is 2.80. The second-order valence-electron chi connectivity index (χ2n) is 3.95. The third-order valence-corrected chi connectivity index (χ3v) is 2.80. The lowest BCUT2D eigenvalue weighted by Gasteiger charge is -2.08. The molecule has 2 rings (SSSR count). The normalized spacial score (nSPS) is 11.2. The van der Waals surface area contributed by atoms with Crippen molar-refractivity contribution >= 4 is 5.69 Å². The topological polar surface area (TPSA) is 47.7 Å². The molecular formula is C11H14F3N5. The van der Waals surface area contributed by atoms with Crippen molar-refractivity contribution in [2.75, 3.05) is 12.0 Å². The van der Waals surface area contributed by atoms with Gasteiger partial charge in [0.15, 0.2) is 0 Å². The summed E-state index contributed by atoms with van der Waals surface area (Å²) in [6, 6.07) is 1.51. The van der Waals surface area contributed by atoms with Crippen LogP contribution in [0.5, 0.6) is 0 Å². The molecule has 2 aromatic heterocycles. The summed E-state index contributed by atoms with van der Waals surface area (Å²) in [5.41, 5.74) is 1.82. The molecule has 0 fully saturated rings. The molecule has 19 heavy (non-hydrogen) atoms. The van der Waals surface area contributed by atoms with Gasteiger partial charge in [0.05, 0.1) is 36.4 Å². The monoisotopic (exact) mass is 273 g/mol. The minimum Gasteiger partial charge on any atom is -0.377 e. The summed E-state index contributed by atoms with van der Waals surface area (Å²) in [7, 11) is 0. The number of alkyl halides is 3. The van der Waals surface area contributed by atoms with Gasteiger partial charge in [-0.1, -0.05) is 0 Å². The van der Waals surface area contributed by atoms with Gasteiger partial charge in [-0.2, -0.15) is 19.0 Å². The molecule has 0 aliphatic rings. The van der Waals surface area contributed by atoms with Crippen LogP contribution in [0.1, 0.15) is 17.9 Å². The number of aromatic nitrogens is 4. The maximum absolute atomic E-state index is 12.6. The Hall–Kier alpha value is -1.99. The fourth-order valence-electron chi connectivity index (χ4n) is 1.77. The van der Waals surface area contributed by atoms with Gasteiger partial charge < -0.3 is 5.32 Å². The minimum atomic E-state index is -2.66. The number of halogens is 3. The lowest BCUT2D eigenvalue weighted by Crippen LogP contribution is -2.10. The summed E-state index contributed by atoms with van der Waals surface area (Å²) in [6.07, 6.45) is 2.87. The molecule has 0 atom stereocenters. The SMILES string of the molecule is Cc1c(NCc2ccnn2C(F)F)cnn1CCF. The van der Waals surface area contributed by atoms with E-state index in [1.807, 2.05) is 0 Å². The van der Waals surface area contributed by atoms with E-state index in [1.165, 1.54) is 16.9 Å². The van der Waals surface area contributed by atoms with Crippen LogP contribution in [0.2, 0.25) is 0 Å². The molecule has 0 aliphatic heterocycles. The molecule has 8 heteroatoms. The minimum absolute atomic E-state index is 0.183. The van der Waals surface area contributed by atoms with E-state index in [1.54, 1.807) is 13.1 Å². The average Bonchev–Trinajstić information content (AvgIpc) is 2.96. The standard InChI is InChI=1S/C11H14F3N5/c1-8-10(7-17-18(8)5-3-12)15-6-9-2-4-16-19(9)11(13)14/h2,4,7,11,15H,3,5-6H2,1H3. The zero-order valence-corrected chi connectivity index (χ0v) is 10.4. The first-order valence-corrected chi connectivity index (χ1v) is 5.76. The van der Waals surface area contributed by atoms with Gasteiger partial charge in [-0.3, -0.25) is 4.68 Å². The summed E-state index contributed by atoms with van der Waals surface area (Å²) in [6.45, 7) is -0.994. The Morgan fingerprint density at radius 1 is 1.37 bits per heavy atom. The Balaban J connectivity index is 2.04. The molecule has 0 saturated carbocycles. The number of nitrogens with zero attached hydrogens (tertiary/aromatic N) is 4. The van der Waals surface area contributed by atoms with Gasteiger partial charge in [-0.05, 0) is 13.0 Å². The Morgan fingerprint density at radius 3 is 2.84 bits per heavy atom. The van der Waals surface area contributed by atoms with Gasteiger partial charge in [0.2, 0.25) is 0 Å². The molecule has 0 aliphatic carbocycles. The van der Waals surface area contributed by atoms with Gasteiger partial charge in [-0.15, -0.1) is 0 Å². The molecule has 1 N–H and O–H groups in total. The van der Waals surface area contributed by atoms with Crippen molar-refractivity contribution in [3.63, 3.8) is 0 Å². The highest BCUT2D eigenvalue weighted by atomic mass is 19.3. The van der Waals surface area contributed by atoms with Gasteiger partial charge in [-0.25, -0.2) is 9.07 Å². The molecule has 0 bridgehead atoms. The predicted molar refractivity (Wildman–Crippen MR) is 63.7 cm³/mol. The van der Waals surface area contributed by atoms with Gasteiger partial charge in [0.25, 0.3) is 0 Å². The summed E-state index contributed by atoms with van der Waals surface area (Å²) in [5.74, 6) is 0. The van der Waals surface area contributed by atoms with Crippen molar-refractivity contribution in [1.29, 1.82) is 0 Å². The van der Waals surface area contributed by atoms with E-state index in [9.17, 15) is 13.2 Å². The van der Waals surface area contributed by atoms with Crippen LogP contribution in [0.4, 0.5) is 18.9 Å². The van der Waals surface area contributed by atoms with E-state index >= 15 is 0 Å². The Bertz CT molecular complexity index is 534. The molecule has 0 saturated heterocycles. The highest BCUT2D eigenvalue weighted by Gasteiger charge is 2.12. The largest absolute Gasteiger partial charge is 0.377 e. The van der Waals surface area contributed by atoms with Crippen molar-refractivity contribution in [2.24, 2.45) is 0 Å². The van der Waals surface area contributed by atoms with Crippen LogP contribution in [0, 0.1) is 6.92 Å². The van der Waals surface area contributed by atoms with Crippen LogP contribution in [-0.2, 0) is 13.1 Å². The molecule has 0 radical (unpaired) electrons. The highest BCUT2D eigenvalue weighted by molar-refractivity contribution is 5.45. The number of rotatable bonds is 6. The molecule has 5 nitrogen and oxygen atoms in total. The predicted octanol–water partition coefficient (Wildman–Crippen LogP) is 2.36. The number of anilines is 1. The van der Waals surface area contributed by atoms with E-state index in [-0.39, 0.29) is 13.1 Å². The molecule has 0 spiro atoms. The number of nitrogens with one attached hydrogen (secondary N) is 1. The smallest absolute Gasteiger partial charge is 0.333 e. The van der Waals surface area contributed by atoms with Gasteiger partial charge in [0.1, 0.15) is 6.67 Å². The molecule has 0 aromatic carbocycles. The maximum Gasteiger partial charge on any atom is 0.333 e. The molecule has 2 aromatic rings. The van der Waals surface area contributed by atoms with Crippen molar-refractivity contribution in [3.05, 3.63) is 29.8 Å². The first kappa shape index (κ1) is 13.4. The molecule has 104 valence electrons. The van der Waals surface area contributed by atoms with Crippen LogP contribution < -0.4 is 5.32 Å². The summed E-state index contributed by atoms with van der Waals surface area (Å²) in [4.78, 5) is 0. The van der Waals surface area contributed by atoms with E-state index < -0.39 is 13.2 Å². The fourth-order valence-corrected chi connectivity index (χ4v) is 1.77. The summed E-state index contributed by atoms with van der Waals surface area (Å²) < 4.78 is 39.6. The van der Waals surface area contributed by atoms with Crippen LogP contribution >= 0.6 is 0 Å². The lowest BCUT2D eigenvalue weighted by molar-refractivity contribution is 0.0537. The zero-order chi connectivity index (χ0) is 13.8. The first-order chi connectivity index (χ1) is 9.13. The van der Waals surface area contributed by atoms with Gasteiger partial charge >= 0.3 is 6.55 Å². The van der Waals surface area contributed by atoms with Crippen LogP contribution in [0.15, 0.2) is 18.5 Å². The molecule has 0 amide bonds. The lowest BCUT2D eigenvalue weighted by atomic mass is 10.3. The molecule has 2 heterocycles. The second-order valence-corrected chi connectivity index (χ2v) is 3.95. The van der Waals surface area contributed by atoms with Crippen molar-refractivity contribution in [3.8, 4) is 0 Å².